The molecule has 0 aromatic heterocycles. The molecular formula is C17H19Br2NO. The summed E-state index contributed by atoms with van der Waals surface area (Å²) in [6.45, 7) is 5.17. The highest BCUT2D eigenvalue weighted by Crippen LogP contribution is 2.36. The van der Waals surface area contributed by atoms with Gasteiger partial charge in [-0.25, -0.2) is 0 Å². The standard InChI is InChI=1S/C17H19Br2NO/c1-11(2)14-9-13(18)5-7-16(14)21-17-6-4-12(10-20-3)8-15(17)19/h4-9,11,20H,10H2,1-3H3. The van der Waals surface area contributed by atoms with Crippen molar-refractivity contribution in [3.63, 3.8) is 0 Å². The first-order valence-corrected chi connectivity index (χ1v) is 8.50. The number of rotatable bonds is 5. The van der Waals surface area contributed by atoms with Gasteiger partial charge in [-0.15, -0.1) is 0 Å². The average Bonchev–Trinajstić information content (AvgIpc) is 2.43. The minimum atomic E-state index is 0.403. The largest absolute Gasteiger partial charge is 0.456 e. The van der Waals surface area contributed by atoms with Gasteiger partial charge >= 0.3 is 0 Å². The first-order chi connectivity index (χ1) is 10.0. The topological polar surface area (TPSA) is 21.3 Å². The smallest absolute Gasteiger partial charge is 0.141 e. The fourth-order valence-electron chi connectivity index (χ4n) is 2.12. The Morgan fingerprint density at radius 2 is 1.76 bits per heavy atom. The molecule has 0 spiro atoms. The number of hydrogen-bond acceptors (Lipinski definition) is 2. The van der Waals surface area contributed by atoms with Crippen molar-refractivity contribution in [1.82, 2.24) is 5.32 Å². The van der Waals surface area contributed by atoms with Crippen molar-refractivity contribution in [3.8, 4) is 11.5 Å². The van der Waals surface area contributed by atoms with E-state index >= 15 is 0 Å². The van der Waals surface area contributed by atoms with Crippen LogP contribution in [0.25, 0.3) is 0 Å². The lowest BCUT2D eigenvalue weighted by atomic mass is 10.0. The highest BCUT2D eigenvalue weighted by atomic mass is 79.9. The third-order valence-corrected chi connectivity index (χ3v) is 4.30. The Bertz CT molecular complexity index is 626. The molecule has 0 unspecified atom stereocenters. The summed E-state index contributed by atoms with van der Waals surface area (Å²) in [4.78, 5) is 0. The van der Waals surface area contributed by atoms with E-state index in [-0.39, 0.29) is 0 Å². The zero-order valence-electron chi connectivity index (χ0n) is 12.4. The van der Waals surface area contributed by atoms with Crippen LogP contribution in [0, 0.1) is 0 Å². The first-order valence-electron chi connectivity index (χ1n) is 6.91. The SMILES string of the molecule is CNCc1ccc(Oc2ccc(Br)cc2C(C)C)c(Br)c1. The fourth-order valence-corrected chi connectivity index (χ4v) is 3.01. The zero-order chi connectivity index (χ0) is 15.4. The van der Waals surface area contributed by atoms with E-state index in [1.165, 1.54) is 11.1 Å². The van der Waals surface area contributed by atoms with E-state index in [2.05, 4.69) is 69.2 Å². The monoisotopic (exact) mass is 411 g/mol. The summed E-state index contributed by atoms with van der Waals surface area (Å²) in [7, 11) is 1.94. The summed E-state index contributed by atoms with van der Waals surface area (Å²) in [5, 5.41) is 3.14. The van der Waals surface area contributed by atoms with E-state index in [9.17, 15) is 0 Å². The predicted octanol–water partition coefficient (Wildman–Crippen LogP) is 5.85. The number of ether oxygens (including phenoxy) is 1. The van der Waals surface area contributed by atoms with Crippen LogP contribution in [0.1, 0.15) is 30.9 Å². The lowest BCUT2D eigenvalue weighted by Crippen LogP contribution is -2.04. The molecule has 0 amide bonds. The lowest BCUT2D eigenvalue weighted by Gasteiger charge is -2.15. The minimum absolute atomic E-state index is 0.403. The molecule has 2 nitrogen and oxygen atoms in total. The van der Waals surface area contributed by atoms with Crippen LogP contribution in [-0.2, 0) is 6.54 Å². The van der Waals surface area contributed by atoms with Crippen molar-refractivity contribution in [2.24, 2.45) is 0 Å². The Labute approximate surface area is 143 Å². The van der Waals surface area contributed by atoms with Crippen LogP contribution in [-0.4, -0.2) is 7.05 Å². The van der Waals surface area contributed by atoms with Crippen LogP contribution in [0.4, 0.5) is 0 Å². The molecule has 0 aliphatic heterocycles. The van der Waals surface area contributed by atoms with E-state index in [1.54, 1.807) is 0 Å². The van der Waals surface area contributed by atoms with E-state index in [0.29, 0.717) is 5.92 Å². The van der Waals surface area contributed by atoms with Gasteiger partial charge in [0.2, 0.25) is 0 Å². The maximum Gasteiger partial charge on any atom is 0.141 e. The second-order valence-corrected chi connectivity index (χ2v) is 7.00. The molecule has 2 aromatic carbocycles. The highest BCUT2D eigenvalue weighted by Gasteiger charge is 2.11. The minimum Gasteiger partial charge on any atom is -0.456 e. The van der Waals surface area contributed by atoms with Crippen molar-refractivity contribution in [2.45, 2.75) is 26.3 Å². The molecule has 21 heavy (non-hydrogen) atoms. The summed E-state index contributed by atoms with van der Waals surface area (Å²) in [5.74, 6) is 2.13. The van der Waals surface area contributed by atoms with Crippen LogP contribution in [0.5, 0.6) is 11.5 Å². The van der Waals surface area contributed by atoms with Gasteiger partial charge in [-0.05, 0) is 70.4 Å². The molecule has 0 fully saturated rings. The van der Waals surface area contributed by atoms with Gasteiger partial charge in [-0.1, -0.05) is 35.8 Å². The van der Waals surface area contributed by atoms with Crippen LogP contribution >= 0.6 is 31.9 Å². The molecule has 4 heteroatoms. The van der Waals surface area contributed by atoms with Crippen LogP contribution in [0.3, 0.4) is 0 Å². The van der Waals surface area contributed by atoms with E-state index in [1.807, 2.05) is 25.2 Å². The molecular weight excluding hydrogens is 394 g/mol. The molecule has 0 heterocycles. The number of nitrogens with one attached hydrogen (secondary N) is 1. The van der Waals surface area contributed by atoms with Gasteiger partial charge in [-0.2, -0.15) is 0 Å². The summed E-state index contributed by atoms with van der Waals surface area (Å²) in [6.07, 6.45) is 0. The van der Waals surface area contributed by atoms with Gasteiger partial charge in [0.25, 0.3) is 0 Å². The van der Waals surface area contributed by atoms with E-state index in [4.69, 9.17) is 4.74 Å². The maximum absolute atomic E-state index is 6.10. The third-order valence-electron chi connectivity index (χ3n) is 3.19. The molecule has 0 saturated carbocycles. The quantitative estimate of drug-likeness (QED) is 0.665. The van der Waals surface area contributed by atoms with Crippen molar-refractivity contribution in [2.75, 3.05) is 7.05 Å². The maximum atomic E-state index is 6.10. The molecule has 0 aliphatic rings. The summed E-state index contributed by atoms with van der Waals surface area (Å²) in [6, 6.07) is 12.3. The Hall–Kier alpha value is -0.840. The van der Waals surface area contributed by atoms with Gasteiger partial charge in [-0.3, -0.25) is 0 Å². The molecule has 0 atom stereocenters. The van der Waals surface area contributed by atoms with Gasteiger partial charge in [0.05, 0.1) is 4.47 Å². The van der Waals surface area contributed by atoms with Crippen LogP contribution < -0.4 is 10.1 Å². The van der Waals surface area contributed by atoms with Crippen molar-refractivity contribution >= 4 is 31.9 Å². The van der Waals surface area contributed by atoms with Crippen molar-refractivity contribution < 1.29 is 4.74 Å². The number of benzene rings is 2. The molecule has 1 N–H and O–H groups in total. The predicted molar refractivity (Wildman–Crippen MR) is 95.2 cm³/mol. The number of halogens is 2. The normalized spacial score (nSPS) is 11.0. The second kappa shape index (κ2) is 7.43. The lowest BCUT2D eigenvalue weighted by molar-refractivity contribution is 0.470. The molecule has 2 rings (SSSR count). The highest BCUT2D eigenvalue weighted by molar-refractivity contribution is 9.10. The Morgan fingerprint density at radius 3 is 2.38 bits per heavy atom. The average molecular weight is 413 g/mol. The Balaban J connectivity index is 2.30. The molecule has 0 aliphatic carbocycles. The fraction of sp³-hybridized carbons (Fsp3) is 0.294. The summed E-state index contributed by atoms with van der Waals surface area (Å²) < 4.78 is 8.14. The molecule has 0 radical (unpaired) electrons. The Kier molecular flexibility index (Phi) is 5.85. The van der Waals surface area contributed by atoms with Crippen LogP contribution in [0.15, 0.2) is 45.3 Å². The van der Waals surface area contributed by atoms with E-state index in [0.717, 1.165) is 27.0 Å². The van der Waals surface area contributed by atoms with Gasteiger partial charge < -0.3 is 10.1 Å². The molecule has 2 aromatic rings. The van der Waals surface area contributed by atoms with Crippen LogP contribution in [0.2, 0.25) is 0 Å². The molecule has 0 bridgehead atoms. The first kappa shape index (κ1) is 16.5. The zero-order valence-corrected chi connectivity index (χ0v) is 15.6. The summed E-state index contributed by atoms with van der Waals surface area (Å²) in [5.41, 5.74) is 2.41. The third kappa shape index (κ3) is 4.31. The van der Waals surface area contributed by atoms with Crippen molar-refractivity contribution in [1.29, 1.82) is 0 Å². The van der Waals surface area contributed by atoms with E-state index < -0.39 is 0 Å². The number of hydrogen-bond donors (Lipinski definition) is 1. The van der Waals surface area contributed by atoms with Gasteiger partial charge in [0.15, 0.2) is 0 Å². The Morgan fingerprint density at radius 1 is 1.05 bits per heavy atom. The molecule has 0 saturated heterocycles. The van der Waals surface area contributed by atoms with Crippen molar-refractivity contribution in [3.05, 3.63) is 56.5 Å². The van der Waals surface area contributed by atoms with Gasteiger partial charge in [0, 0.05) is 11.0 Å². The molecule has 112 valence electrons. The second-order valence-electron chi connectivity index (χ2n) is 5.23. The van der Waals surface area contributed by atoms with Gasteiger partial charge in [0.1, 0.15) is 11.5 Å². The summed E-state index contributed by atoms with van der Waals surface area (Å²) >= 11 is 7.11.